The first-order chi connectivity index (χ1) is 10.1. The van der Waals surface area contributed by atoms with Crippen molar-refractivity contribution in [1.29, 1.82) is 0 Å². The monoisotopic (exact) mass is 284 g/mol. The molecule has 5 nitrogen and oxygen atoms in total. The van der Waals surface area contributed by atoms with Crippen LogP contribution in [0.2, 0.25) is 0 Å². The van der Waals surface area contributed by atoms with Crippen LogP contribution in [-0.4, -0.2) is 39.7 Å². The molecule has 3 rings (SSSR count). The topological polar surface area (TPSA) is 64.2 Å². The molecule has 2 aromatic rings. The van der Waals surface area contributed by atoms with Crippen molar-refractivity contribution in [3.05, 3.63) is 48.3 Å². The molecular weight excluding hydrogens is 264 g/mol. The van der Waals surface area contributed by atoms with Gasteiger partial charge < -0.3 is 10.6 Å². The maximum atomic E-state index is 12.5. The van der Waals surface area contributed by atoms with Crippen LogP contribution < -0.4 is 5.73 Å². The predicted octanol–water partition coefficient (Wildman–Crippen LogP) is 1.68. The van der Waals surface area contributed by atoms with E-state index >= 15 is 0 Å². The molecule has 0 spiro atoms. The van der Waals surface area contributed by atoms with Gasteiger partial charge in [0.15, 0.2) is 0 Å². The number of carbonyl (C=O) groups excluding carboxylic acids is 1. The van der Waals surface area contributed by atoms with E-state index in [1.165, 1.54) is 0 Å². The summed E-state index contributed by atoms with van der Waals surface area (Å²) in [5.74, 6) is 0.443. The van der Waals surface area contributed by atoms with E-state index in [0.717, 1.165) is 25.2 Å². The van der Waals surface area contributed by atoms with Gasteiger partial charge in [-0.2, -0.15) is 5.10 Å². The Morgan fingerprint density at radius 2 is 2.14 bits per heavy atom. The summed E-state index contributed by atoms with van der Waals surface area (Å²) in [5.41, 5.74) is 7.50. The second-order valence-electron chi connectivity index (χ2n) is 5.67. The highest BCUT2D eigenvalue weighted by molar-refractivity contribution is 5.94. The summed E-state index contributed by atoms with van der Waals surface area (Å²) in [7, 11) is 0. The lowest BCUT2D eigenvalue weighted by atomic mass is 10.0. The molecule has 2 heterocycles. The van der Waals surface area contributed by atoms with Crippen LogP contribution >= 0.6 is 0 Å². The van der Waals surface area contributed by atoms with E-state index in [0.29, 0.717) is 11.5 Å². The highest BCUT2D eigenvalue weighted by Crippen LogP contribution is 2.21. The first-order valence-electron chi connectivity index (χ1n) is 7.30. The summed E-state index contributed by atoms with van der Waals surface area (Å²) in [4.78, 5) is 14.4. The van der Waals surface area contributed by atoms with Crippen molar-refractivity contribution in [3.8, 4) is 5.69 Å². The minimum Gasteiger partial charge on any atom is -0.338 e. The zero-order valence-corrected chi connectivity index (χ0v) is 12.1. The molecule has 1 aromatic heterocycles. The maximum Gasteiger partial charge on any atom is 0.257 e. The number of likely N-dealkylation sites (tertiary alicyclic amines) is 1. The van der Waals surface area contributed by atoms with Crippen molar-refractivity contribution >= 4 is 5.91 Å². The zero-order chi connectivity index (χ0) is 14.8. The third-order valence-electron chi connectivity index (χ3n) is 4.11. The molecule has 2 atom stereocenters. The molecule has 1 aliphatic rings. The Morgan fingerprint density at radius 1 is 1.38 bits per heavy atom. The van der Waals surface area contributed by atoms with Crippen LogP contribution in [0.4, 0.5) is 0 Å². The second kappa shape index (κ2) is 5.69. The van der Waals surface area contributed by atoms with E-state index in [1.807, 2.05) is 42.2 Å². The first-order valence-corrected chi connectivity index (χ1v) is 7.30. The van der Waals surface area contributed by atoms with Gasteiger partial charge in [0.2, 0.25) is 0 Å². The Hall–Kier alpha value is -2.14. The zero-order valence-electron chi connectivity index (χ0n) is 12.1. The molecule has 1 aromatic carbocycles. The summed E-state index contributed by atoms with van der Waals surface area (Å²) in [5, 5.41) is 4.28. The number of hydrogen-bond acceptors (Lipinski definition) is 3. The van der Waals surface area contributed by atoms with E-state index in [-0.39, 0.29) is 11.9 Å². The van der Waals surface area contributed by atoms with E-state index in [1.54, 1.807) is 17.1 Å². The fourth-order valence-corrected chi connectivity index (χ4v) is 2.74. The third kappa shape index (κ3) is 2.83. The molecular formula is C16H20N4O. The normalized spacial score (nSPS) is 19.7. The smallest absolute Gasteiger partial charge is 0.257 e. The van der Waals surface area contributed by atoms with Crippen molar-refractivity contribution in [2.24, 2.45) is 11.7 Å². The Balaban J connectivity index is 1.73. The minimum atomic E-state index is 0.0420. The lowest BCUT2D eigenvalue weighted by Gasteiger charge is -2.17. The lowest BCUT2D eigenvalue weighted by Crippen LogP contribution is -2.32. The Bertz CT molecular complexity index is 620. The molecule has 2 unspecified atom stereocenters. The fourth-order valence-electron chi connectivity index (χ4n) is 2.74. The summed E-state index contributed by atoms with van der Waals surface area (Å²) in [6.07, 6.45) is 4.40. The van der Waals surface area contributed by atoms with Gasteiger partial charge in [0, 0.05) is 25.3 Å². The molecule has 0 aliphatic carbocycles. The van der Waals surface area contributed by atoms with Gasteiger partial charge in [0.25, 0.3) is 5.91 Å². The van der Waals surface area contributed by atoms with Crippen molar-refractivity contribution < 1.29 is 4.79 Å². The van der Waals surface area contributed by atoms with Gasteiger partial charge in [0.1, 0.15) is 0 Å². The standard InChI is InChI=1S/C16H20N4O/c1-12(17)13-7-8-19(10-13)16(21)14-9-18-20(11-14)15-5-3-2-4-6-15/h2-6,9,11-13H,7-8,10,17H2,1H3. The number of benzene rings is 1. The van der Waals surface area contributed by atoms with Crippen LogP contribution in [0.3, 0.4) is 0 Å². The van der Waals surface area contributed by atoms with Gasteiger partial charge in [0.05, 0.1) is 17.4 Å². The first kappa shape index (κ1) is 13.8. The molecule has 0 bridgehead atoms. The molecule has 0 saturated carbocycles. The molecule has 21 heavy (non-hydrogen) atoms. The number of nitrogens with two attached hydrogens (primary N) is 1. The van der Waals surface area contributed by atoms with Gasteiger partial charge in [-0.25, -0.2) is 4.68 Å². The Morgan fingerprint density at radius 3 is 2.81 bits per heavy atom. The van der Waals surface area contributed by atoms with Crippen LogP contribution in [0, 0.1) is 5.92 Å². The molecule has 0 radical (unpaired) electrons. The number of rotatable bonds is 3. The fraction of sp³-hybridized carbons (Fsp3) is 0.375. The van der Waals surface area contributed by atoms with Crippen LogP contribution in [0.1, 0.15) is 23.7 Å². The average Bonchev–Trinajstić information content (AvgIpc) is 3.17. The maximum absolute atomic E-state index is 12.5. The average molecular weight is 284 g/mol. The number of para-hydroxylation sites is 1. The van der Waals surface area contributed by atoms with Crippen molar-refractivity contribution in [2.45, 2.75) is 19.4 Å². The third-order valence-corrected chi connectivity index (χ3v) is 4.11. The number of aromatic nitrogens is 2. The summed E-state index contributed by atoms with van der Waals surface area (Å²) in [6, 6.07) is 9.91. The van der Waals surface area contributed by atoms with Crippen LogP contribution in [-0.2, 0) is 0 Å². The van der Waals surface area contributed by atoms with Crippen LogP contribution in [0.5, 0.6) is 0 Å². The van der Waals surface area contributed by atoms with Crippen LogP contribution in [0.15, 0.2) is 42.7 Å². The minimum absolute atomic E-state index is 0.0420. The molecule has 1 aliphatic heterocycles. The number of hydrogen-bond donors (Lipinski definition) is 1. The Labute approximate surface area is 124 Å². The molecule has 110 valence electrons. The van der Waals surface area contributed by atoms with E-state index in [9.17, 15) is 4.79 Å². The van der Waals surface area contributed by atoms with Crippen molar-refractivity contribution in [1.82, 2.24) is 14.7 Å². The lowest BCUT2D eigenvalue weighted by molar-refractivity contribution is 0.0786. The quantitative estimate of drug-likeness (QED) is 0.932. The second-order valence-corrected chi connectivity index (χ2v) is 5.67. The van der Waals surface area contributed by atoms with E-state index < -0.39 is 0 Å². The van der Waals surface area contributed by atoms with Crippen LogP contribution in [0.25, 0.3) is 5.69 Å². The number of nitrogens with zero attached hydrogens (tertiary/aromatic N) is 3. The van der Waals surface area contributed by atoms with Crippen molar-refractivity contribution in [2.75, 3.05) is 13.1 Å². The highest BCUT2D eigenvalue weighted by Gasteiger charge is 2.29. The summed E-state index contributed by atoms with van der Waals surface area (Å²) >= 11 is 0. The van der Waals surface area contributed by atoms with Gasteiger partial charge in [-0.1, -0.05) is 18.2 Å². The molecule has 1 saturated heterocycles. The predicted molar refractivity (Wildman–Crippen MR) is 81.2 cm³/mol. The SMILES string of the molecule is CC(N)C1CCN(C(=O)c2cnn(-c3ccccc3)c2)C1. The highest BCUT2D eigenvalue weighted by atomic mass is 16.2. The largest absolute Gasteiger partial charge is 0.338 e. The van der Waals surface area contributed by atoms with E-state index in [4.69, 9.17) is 5.73 Å². The number of amides is 1. The van der Waals surface area contributed by atoms with Crippen molar-refractivity contribution in [3.63, 3.8) is 0 Å². The summed E-state index contributed by atoms with van der Waals surface area (Å²) < 4.78 is 1.73. The Kier molecular flexibility index (Phi) is 3.75. The van der Waals surface area contributed by atoms with E-state index in [2.05, 4.69) is 5.10 Å². The van der Waals surface area contributed by atoms with Gasteiger partial charge in [-0.05, 0) is 31.4 Å². The molecule has 1 amide bonds. The molecule has 2 N–H and O–H groups in total. The number of carbonyl (C=O) groups is 1. The molecule has 1 fully saturated rings. The van der Waals surface area contributed by atoms with Gasteiger partial charge in [-0.3, -0.25) is 4.79 Å². The molecule has 5 heteroatoms. The van der Waals surface area contributed by atoms with Gasteiger partial charge >= 0.3 is 0 Å². The summed E-state index contributed by atoms with van der Waals surface area (Å²) in [6.45, 7) is 3.53. The van der Waals surface area contributed by atoms with Gasteiger partial charge in [-0.15, -0.1) is 0 Å².